The lowest BCUT2D eigenvalue weighted by Gasteiger charge is -2.21. The summed E-state index contributed by atoms with van der Waals surface area (Å²) in [6.07, 6.45) is 7.65. The van der Waals surface area contributed by atoms with E-state index in [4.69, 9.17) is 11.2 Å². The Hall–Kier alpha value is -0.230. The predicted molar refractivity (Wildman–Crippen MR) is 47.9 cm³/mol. The van der Waals surface area contributed by atoms with Crippen LogP contribution in [0.5, 0.6) is 0 Å². The molecule has 1 heterocycles. The third kappa shape index (κ3) is 4.26. The van der Waals surface area contributed by atoms with Gasteiger partial charge in [-0.3, -0.25) is 0 Å². The van der Waals surface area contributed by atoms with Crippen LogP contribution in [0.15, 0.2) is 0 Å². The Bertz CT molecular complexity index is 127. The van der Waals surface area contributed by atoms with Crippen LogP contribution in [0.1, 0.15) is 12.8 Å². The van der Waals surface area contributed by atoms with Crippen LogP contribution >= 0.6 is 12.4 Å². The largest absolute Gasteiger partial charge is 0.365 e. The molecule has 0 spiro atoms. The van der Waals surface area contributed by atoms with E-state index in [-0.39, 0.29) is 12.4 Å². The van der Waals surface area contributed by atoms with E-state index in [1.165, 1.54) is 0 Å². The van der Waals surface area contributed by atoms with Gasteiger partial charge in [0.05, 0.1) is 6.10 Å². The molecule has 0 aliphatic carbocycles. The average Bonchev–Trinajstić information content (AvgIpc) is 2.03. The summed E-state index contributed by atoms with van der Waals surface area (Å²) >= 11 is 0. The summed E-state index contributed by atoms with van der Waals surface area (Å²) in [5.41, 5.74) is 0. The number of halogens is 1. The summed E-state index contributed by atoms with van der Waals surface area (Å²) in [7, 11) is 0. The van der Waals surface area contributed by atoms with E-state index in [1.54, 1.807) is 0 Å². The maximum absolute atomic E-state index is 5.36. The summed E-state index contributed by atoms with van der Waals surface area (Å²) in [4.78, 5) is 0. The fourth-order valence-corrected chi connectivity index (χ4v) is 1.13. The van der Waals surface area contributed by atoms with Crippen molar-refractivity contribution in [2.24, 2.45) is 0 Å². The molecule has 0 aromatic rings. The first kappa shape index (κ1) is 10.8. The predicted octanol–water partition coefficient (Wildman–Crippen LogP) is 0.810. The van der Waals surface area contributed by atoms with Gasteiger partial charge in [0.1, 0.15) is 6.61 Å². The second-order valence-electron chi connectivity index (χ2n) is 2.46. The fraction of sp³-hybridized carbons (Fsp3) is 0.750. The lowest BCUT2D eigenvalue weighted by atomic mass is 10.1. The normalized spacial score (nSPS) is 18.5. The highest BCUT2D eigenvalue weighted by molar-refractivity contribution is 5.85. The van der Waals surface area contributed by atoms with Crippen molar-refractivity contribution >= 4 is 12.4 Å². The van der Waals surface area contributed by atoms with Crippen molar-refractivity contribution in [3.05, 3.63) is 0 Å². The molecule has 1 fully saturated rings. The Morgan fingerprint density at radius 1 is 1.45 bits per heavy atom. The monoisotopic (exact) mass is 175 g/mol. The SMILES string of the molecule is C#CCOC1CCNCC1.Cl. The molecule has 1 saturated heterocycles. The van der Waals surface area contributed by atoms with E-state index in [0.717, 1.165) is 25.9 Å². The van der Waals surface area contributed by atoms with Gasteiger partial charge in [-0.15, -0.1) is 18.8 Å². The molecule has 0 atom stereocenters. The minimum atomic E-state index is 0. The van der Waals surface area contributed by atoms with Gasteiger partial charge in [-0.1, -0.05) is 5.92 Å². The number of piperidine rings is 1. The van der Waals surface area contributed by atoms with Crippen LogP contribution in [0.3, 0.4) is 0 Å². The van der Waals surface area contributed by atoms with Gasteiger partial charge in [-0.05, 0) is 25.9 Å². The third-order valence-corrected chi connectivity index (χ3v) is 1.69. The zero-order chi connectivity index (χ0) is 7.23. The molecule has 0 amide bonds. The zero-order valence-electron chi connectivity index (χ0n) is 6.51. The van der Waals surface area contributed by atoms with E-state index in [1.807, 2.05) is 0 Å². The Morgan fingerprint density at radius 2 is 2.09 bits per heavy atom. The maximum atomic E-state index is 5.36. The Balaban J connectivity index is 0.000001000. The maximum Gasteiger partial charge on any atom is 0.107 e. The molecule has 3 heteroatoms. The minimum absolute atomic E-state index is 0. The fourth-order valence-electron chi connectivity index (χ4n) is 1.13. The number of terminal acetylenes is 1. The summed E-state index contributed by atoms with van der Waals surface area (Å²) in [6.45, 7) is 2.59. The molecule has 0 unspecified atom stereocenters. The highest BCUT2D eigenvalue weighted by Crippen LogP contribution is 2.05. The van der Waals surface area contributed by atoms with Gasteiger partial charge < -0.3 is 10.1 Å². The van der Waals surface area contributed by atoms with Crippen molar-refractivity contribution in [3.8, 4) is 12.3 Å². The Labute approximate surface area is 74.1 Å². The van der Waals surface area contributed by atoms with Crippen LogP contribution in [0.2, 0.25) is 0 Å². The van der Waals surface area contributed by atoms with Gasteiger partial charge in [-0.2, -0.15) is 0 Å². The van der Waals surface area contributed by atoms with Crippen molar-refractivity contribution in [1.82, 2.24) is 5.32 Å². The molecule has 1 N–H and O–H groups in total. The van der Waals surface area contributed by atoms with Crippen molar-refractivity contribution in [2.75, 3.05) is 19.7 Å². The first-order valence-electron chi connectivity index (χ1n) is 3.69. The molecule has 0 aromatic heterocycles. The number of nitrogens with one attached hydrogen (secondary N) is 1. The lowest BCUT2D eigenvalue weighted by molar-refractivity contribution is 0.0548. The summed E-state index contributed by atoms with van der Waals surface area (Å²) < 4.78 is 5.36. The molecule has 11 heavy (non-hydrogen) atoms. The molecule has 64 valence electrons. The summed E-state index contributed by atoms with van der Waals surface area (Å²) in [6, 6.07) is 0. The van der Waals surface area contributed by atoms with Gasteiger partial charge >= 0.3 is 0 Å². The van der Waals surface area contributed by atoms with Gasteiger partial charge in [0.2, 0.25) is 0 Å². The van der Waals surface area contributed by atoms with Crippen molar-refractivity contribution in [3.63, 3.8) is 0 Å². The van der Waals surface area contributed by atoms with Crippen LogP contribution in [0.4, 0.5) is 0 Å². The van der Waals surface area contributed by atoms with Crippen LogP contribution < -0.4 is 5.32 Å². The molecule has 0 radical (unpaired) electrons. The van der Waals surface area contributed by atoms with E-state index >= 15 is 0 Å². The van der Waals surface area contributed by atoms with Crippen LogP contribution in [-0.4, -0.2) is 25.8 Å². The Kier molecular flexibility index (Phi) is 6.34. The van der Waals surface area contributed by atoms with Crippen LogP contribution in [0, 0.1) is 12.3 Å². The Morgan fingerprint density at radius 3 is 2.64 bits per heavy atom. The van der Waals surface area contributed by atoms with Crippen LogP contribution in [-0.2, 0) is 4.74 Å². The highest BCUT2D eigenvalue weighted by Gasteiger charge is 2.11. The van der Waals surface area contributed by atoms with E-state index < -0.39 is 0 Å². The van der Waals surface area contributed by atoms with Gasteiger partial charge in [0, 0.05) is 0 Å². The molecular formula is C8H14ClNO. The molecule has 1 aliphatic heterocycles. The quantitative estimate of drug-likeness (QED) is 0.628. The molecule has 1 rings (SSSR count). The number of ether oxygens (including phenoxy) is 1. The standard InChI is InChI=1S/C8H13NO.ClH/c1-2-7-10-8-3-5-9-6-4-8;/h1,8-9H,3-7H2;1H. The zero-order valence-corrected chi connectivity index (χ0v) is 7.32. The van der Waals surface area contributed by atoms with Gasteiger partial charge in [0.25, 0.3) is 0 Å². The van der Waals surface area contributed by atoms with Gasteiger partial charge in [0.15, 0.2) is 0 Å². The van der Waals surface area contributed by atoms with Gasteiger partial charge in [-0.25, -0.2) is 0 Å². The highest BCUT2D eigenvalue weighted by atomic mass is 35.5. The molecular weight excluding hydrogens is 162 g/mol. The van der Waals surface area contributed by atoms with Crippen LogP contribution in [0.25, 0.3) is 0 Å². The number of rotatable bonds is 2. The first-order valence-corrected chi connectivity index (χ1v) is 3.69. The van der Waals surface area contributed by atoms with E-state index in [0.29, 0.717) is 12.7 Å². The topological polar surface area (TPSA) is 21.3 Å². The van der Waals surface area contributed by atoms with E-state index in [2.05, 4.69) is 11.2 Å². The minimum Gasteiger partial charge on any atom is -0.365 e. The molecule has 0 aromatic carbocycles. The summed E-state index contributed by atoms with van der Waals surface area (Å²) in [5.74, 6) is 2.47. The smallest absolute Gasteiger partial charge is 0.107 e. The molecule has 0 saturated carbocycles. The second-order valence-corrected chi connectivity index (χ2v) is 2.46. The average molecular weight is 176 g/mol. The summed E-state index contributed by atoms with van der Waals surface area (Å²) in [5, 5.41) is 3.26. The first-order chi connectivity index (χ1) is 4.93. The van der Waals surface area contributed by atoms with E-state index in [9.17, 15) is 0 Å². The van der Waals surface area contributed by atoms with Crippen molar-refractivity contribution < 1.29 is 4.74 Å². The number of hydrogen-bond donors (Lipinski definition) is 1. The van der Waals surface area contributed by atoms with Crippen molar-refractivity contribution in [1.29, 1.82) is 0 Å². The lowest BCUT2D eigenvalue weighted by Crippen LogP contribution is -2.32. The molecule has 2 nitrogen and oxygen atoms in total. The molecule has 1 aliphatic rings. The van der Waals surface area contributed by atoms with Crippen molar-refractivity contribution in [2.45, 2.75) is 18.9 Å². The molecule has 0 bridgehead atoms. The second kappa shape index (κ2) is 6.48. The third-order valence-electron chi connectivity index (χ3n) is 1.69. The number of hydrogen-bond acceptors (Lipinski definition) is 2.